The zero-order valence-corrected chi connectivity index (χ0v) is 11.3. The van der Waals surface area contributed by atoms with Gasteiger partial charge in [0, 0.05) is 17.6 Å². The number of nitrogens with one attached hydrogen (secondary N) is 1. The quantitative estimate of drug-likeness (QED) is 0.826. The van der Waals surface area contributed by atoms with Gasteiger partial charge in [0.1, 0.15) is 5.65 Å². The number of fused-ring (bicyclic) bond motifs is 1. The van der Waals surface area contributed by atoms with Gasteiger partial charge in [-0.1, -0.05) is 31.4 Å². The average Bonchev–Trinajstić information content (AvgIpc) is 2.25. The summed E-state index contributed by atoms with van der Waals surface area (Å²) in [5.74, 6) is 0. The third-order valence-electron chi connectivity index (χ3n) is 2.37. The molecule has 0 aromatic carbocycles. The molecule has 0 aliphatic rings. The Bertz CT molecular complexity index is 623. The number of rotatable bonds is 2. The van der Waals surface area contributed by atoms with Gasteiger partial charge in [-0.15, -0.1) is 0 Å². The summed E-state index contributed by atoms with van der Waals surface area (Å²) in [5.41, 5.74) is 3.88. The van der Waals surface area contributed by atoms with Crippen molar-refractivity contribution in [3.8, 4) is 0 Å². The first-order valence-electron chi connectivity index (χ1n) is 5.62. The number of H-pyrrole nitrogens is 1. The lowest BCUT2D eigenvalue weighted by atomic mass is 10.2. The predicted molar refractivity (Wildman–Crippen MR) is 74.7 cm³/mol. The van der Waals surface area contributed by atoms with E-state index in [4.69, 9.17) is 0 Å². The summed E-state index contributed by atoms with van der Waals surface area (Å²) in [5, 5.41) is 0.960. The van der Waals surface area contributed by atoms with Crippen molar-refractivity contribution in [2.24, 2.45) is 0 Å². The van der Waals surface area contributed by atoms with Crippen LogP contribution in [0.25, 0.3) is 17.1 Å². The van der Waals surface area contributed by atoms with E-state index in [0.29, 0.717) is 5.65 Å². The monoisotopic (exact) mass is 244 g/mol. The first kappa shape index (κ1) is 11.8. The van der Waals surface area contributed by atoms with Gasteiger partial charge in [-0.05, 0) is 17.7 Å². The molecule has 2 rings (SSSR count). The maximum atomic E-state index is 11.1. The second-order valence-electron chi connectivity index (χ2n) is 5.23. The van der Waals surface area contributed by atoms with Crippen LogP contribution in [0.2, 0.25) is 19.6 Å². The number of nitrogens with zero attached hydrogens (tertiary/aromatic N) is 1. The zero-order chi connectivity index (χ0) is 12.5. The Morgan fingerprint density at radius 3 is 2.76 bits per heavy atom. The maximum Gasteiger partial charge on any atom is 0.249 e. The Morgan fingerprint density at radius 2 is 2.06 bits per heavy atom. The molecule has 2 heterocycles. The second-order valence-corrected chi connectivity index (χ2v) is 10.3. The van der Waals surface area contributed by atoms with E-state index in [2.05, 4.69) is 41.4 Å². The molecule has 0 saturated carbocycles. The minimum Gasteiger partial charge on any atom is -0.307 e. The number of aromatic amines is 1. The molecule has 0 unspecified atom stereocenters. The van der Waals surface area contributed by atoms with E-state index in [-0.39, 0.29) is 5.56 Å². The van der Waals surface area contributed by atoms with Crippen molar-refractivity contribution in [2.75, 3.05) is 0 Å². The molecule has 1 N–H and O–H groups in total. The van der Waals surface area contributed by atoms with Gasteiger partial charge < -0.3 is 4.98 Å². The normalized spacial score (nSPS) is 12.4. The second kappa shape index (κ2) is 4.29. The van der Waals surface area contributed by atoms with Crippen molar-refractivity contribution < 1.29 is 0 Å². The highest BCUT2D eigenvalue weighted by Crippen LogP contribution is 2.12. The molecule has 2 aromatic heterocycles. The van der Waals surface area contributed by atoms with Crippen LogP contribution in [0.3, 0.4) is 0 Å². The SMILES string of the molecule is C[Si](C)(C)/C=C/c1cnc2[nH]c(=O)ccc2c1. The van der Waals surface area contributed by atoms with Crippen LogP contribution in [-0.2, 0) is 0 Å². The highest BCUT2D eigenvalue weighted by atomic mass is 28.3. The highest BCUT2D eigenvalue weighted by Gasteiger charge is 2.06. The van der Waals surface area contributed by atoms with E-state index in [1.54, 1.807) is 12.3 Å². The van der Waals surface area contributed by atoms with Gasteiger partial charge in [-0.3, -0.25) is 4.79 Å². The lowest BCUT2D eigenvalue weighted by molar-refractivity contribution is 1.23. The Balaban J connectivity index is 2.42. The molecule has 88 valence electrons. The number of aromatic nitrogens is 2. The average molecular weight is 244 g/mol. The number of pyridine rings is 2. The van der Waals surface area contributed by atoms with Gasteiger partial charge >= 0.3 is 0 Å². The van der Waals surface area contributed by atoms with E-state index in [1.165, 1.54) is 6.07 Å². The Hall–Kier alpha value is -1.68. The summed E-state index contributed by atoms with van der Waals surface area (Å²) < 4.78 is 0. The molecular formula is C13H16N2OSi. The summed E-state index contributed by atoms with van der Waals surface area (Å²) in [6, 6.07) is 5.36. The van der Waals surface area contributed by atoms with E-state index in [1.807, 2.05) is 6.07 Å². The van der Waals surface area contributed by atoms with Crippen LogP contribution in [-0.4, -0.2) is 18.0 Å². The minimum absolute atomic E-state index is 0.115. The lowest BCUT2D eigenvalue weighted by Gasteiger charge is -2.08. The van der Waals surface area contributed by atoms with Gasteiger partial charge in [0.05, 0.1) is 8.07 Å². The van der Waals surface area contributed by atoms with Crippen LogP contribution in [0.4, 0.5) is 0 Å². The summed E-state index contributed by atoms with van der Waals surface area (Å²) in [6.07, 6.45) is 3.90. The van der Waals surface area contributed by atoms with Crippen LogP contribution in [0, 0.1) is 0 Å². The molecule has 0 bridgehead atoms. The Labute approximate surface area is 101 Å². The van der Waals surface area contributed by atoms with Crippen molar-refractivity contribution >= 4 is 25.2 Å². The molecule has 0 amide bonds. The molecule has 0 aliphatic heterocycles. The molecule has 17 heavy (non-hydrogen) atoms. The summed E-state index contributed by atoms with van der Waals surface area (Å²) in [7, 11) is -1.18. The first-order valence-corrected chi connectivity index (χ1v) is 9.20. The van der Waals surface area contributed by atoms with Crippen molar-refractivity contribution in [3.63, 3.8) is 0 Å². The summed E-state index contributed by atoms with van der Waals surface area (Å²) >= 11 is 0. The van der Waals surface area contributed by atoms with Crippen LogP contribution in [0.1, 0.15) is 5.56 Å². The maximum absolute atomic E-state index is 11.1. The smallest absolute Gasteiger partial charge is 0.249 e. The molecule has 0 atom stereocenters. The highest BCUT2D eigenvalue weighted by molar-refractivity contribution is 6.81. The first-order chi connectivity index (χ1) is 7.94. The van der Waals surface area contributed by atoms with Crippen molar-refractivity contribution in [1.82, 2.24) is 9.97 Å². The van der Waals surface area contributed by atoms with E-state index in [0.717, 1.165) is 10.9 Å². The molecule has 2 aromatic rings. The van der Waals surface area contributed by atoms with Gasteiger partial charge in [0.15, 0.2) is 0 Å². The Kier molecular flexibility index (Phi) is 2.98. The van der Waals surface area contributed by atoms with Gasteiger partial charge in [-0.2, -0.15) is 0 Å². The molecular weight excluding hydrogens is 228 g/mol. The van der Waals surface area contributed by atoms with Gasteiger partial charge in [-0.25, -0.2) is 4.98 Å². The molecule has 3 nitrogen and oxygen atoms in total. The fourth-order valence-electron chi connectivity index (χ4n) is 1.49. The molecule has 0 fully saturated rings. The fraction of sp³-hybridized carbons (Fsp3) is 0.231. The van der Waals surface area contributed by atoms with E-state index < -0.39 is 8.07 Å². The molecule has 4 heteroatoms. The zero-order valence-electron chi connectivity index (χ0n) is 10.3. The third-order valence-corrected chi connectivity index (χ3v) is 3.54. The van der Waals surface area contributed by atoms with Crippen LogP contribution >= 0.6 is 0 Å². The van der Waals surface area contributed by atoms with Crippen molar-refractivity contribution in [3.05, 3.63) is 46.0 Å². The fourth-order valence-corrected chi connectivity index (χ4v) is 2.18. The third kappa shape index (κ3) is 3.14. The van der Waals surface area contributed by atoms with Crippen LogP contribution < -0.4 is 5.56 Å². The van der Waals surface area contributed by atoms with Gasteiger partial charge in [0.25, 0.3) is 0 Å². The van der Waals surface area contributed by atoms with Crippen LogP contribution in [0.15, 0.2) is 34.9 Å². The number of hydrogen-bond acceptors (Lipinski definition) is 2. The predicted octanol–water partition coefficient (Wildman–Crippen LogP) is 2.81. The summed E-state index contributed by atoms with van der Waals surface area (Å²) in [4.78, 5) is 18.1. The van der Waals surface area contributed by atoms with E-state index in [9.17, 15) is 4.79 Å². The minimum atomic E-state index is -1.18. The summed E-state index contributed by atoms with van der Waals surface area (Å²) in [6.45, 7) is 6.86. The van der Waals surface area contributed by atoms with Crippen molar-refractivity contribution in [2.45, 2.75) is 19.6 Å². The van der Waals surface area contributed by atoms with Crippen LogP contribution in [0.5, 0.6) is 0 Å². The Morgan fingerprint density at radius 1 is 1.29 bits per heavy atom. The molecule has 0 spiro atoms. The molecule has 0 saturated heterocycles. The van der Waals surface area contributed by atoms with E-state index >= 15 is 0 Å². The standard InChI is InChI=1S/C13H16N2OSi/c1-17(2,3)7-6-10-8-11-4-5-12(16)15-13(11)14-9-10/h4-9H,1-3H3,(H,14,15,16)/b7-6+. The topological polar surface area (TPSA) is 45.8 Å². The largest absolute Gasteiger partial charge is 0.307 e. The molecule has 0 radical (unpaired) electrons. The van der Waals surface area contributed by atoms with Gasteiger partial charge in [0.2, 0.25) is 5.56 Å². The van der Waals surface area contributed by atoms with Crippen molar-refractivity contribution in [1.29, 1.82) is 0 Å². The molecule has 0 aliphatic carbocycles. The lowest BCUT2D eigenvalue weighted by Crippen LogP contribution is -2.15. The number of hydrogen-bond donors (Lipinski definition) is 1.